The first kappa shape index (κ1) is 15.0. The second kappa shape index (κ2) is 8.02. The molecule has 2 rings (SSSR count). The summed E-state index contributed by atoms with van der Waals surface area (Å²) < 4.78 is 5.01. The zero-order valence-corrected chi connectivity index (χ0v) is 12.3. The molecule has 0 aliphatic carbocycles. The number of esters is 1. The van der Waals surface area contributed by atoms with Crippen LogP contribution in [-0.4, -0.2) is 55.1 Å². The fourth-order valence-corrected chi connectivity index (χ4v) is 2.57. The van der Waals surface area contributed by atoms with Crippen LogP contribution in [0.15, 0.2) is 30.3 Å². The molecular weight excluding hydrogens is 252 g/mol. The van der Waals surface area contributed by atoms with Gasteiger partial charge < -0.3 is 4.74 Å². The van der Waals surface area contributed by atoms with Crippen molar-refractivity contribution in [3.8, 4) is 0 Å². The maximum Gasteiger partial charge on any atom is 0.320 e. The Balaban J connectivity index is 1.78. The van der Waals surface area contributed by atoms with Crippen LogP contribution in [0.3, 0.4) is 0 Å². The number of rotatable bonds is 5. The number of benzene rings is 1. The fourth-order valence-electron chi connectivity index (χ4n) is 2.57. The van der Waals surface area contributed by atoms with Crippen LogP contribution in [0, 0.1) is 0 Å². The van der Waals surface area contributed by atoms with Crippen molar-refractivity contribution >= 4 is 5.97 Å². The summed E-state index contributed by atoms with van der Waals surface area (Å²) in [7, 11) is 0. The summed E-state index contributed by atoms with van der Waals surface area (Å²) in [6.45, 7) is 7.74. The van der Waals surface area contributed by atoms with Gasteiger partial charge in [-0.2, -0.15) is 0 Å². The van der Waals surface area contributed by atoms with Crippen molar-refractivity contribution in [3.05, 3.63) is 35.9 Å². The van der Waals surface area contributed by atoms with Gasteiger partial charge in [0.1, 0.15) is 0 Å². The fraction of sp³-hybridized carbons (Fsp3) is 0.562. The third-order valence-corrected chi connectivity index (χ3v) is 3.59. The molecule has 1 fully saturated rings. The van der Waals surface area contributed by atoms with E-state index in [-0.39, 0.29) is 5.97 Å². The molecule has 1 aliphatic rings. The molecule has 0 atom stereocenters. The van der Waals surface area contributed by atoms with E-state index in [9.17, 15) is 4.79 Å². The van der Waals surface area contributed by atoms with E-state index in [1.165, 1.54) is 5.56 Å². The lowest BCUT2D eigenvalue weighted by molar-refractivity contribution is -0.144. The van der Waals surface area contributed by atoms with Crippen LogP contribution in [0.5, 0.6) is 0 Å². The van der Waals surface area contributed by atoms with Gasteiger partial charge in [-0.3, -0.25) is 14.6 Å². The highest BCUT2D eigenvalue weighted by molar-refractivity contribution is 5.71. The van der Waals surface area contributed by atoms with Crippen LogP contribution in [0.25, 0.3) is 0 Å². The lowest BCUT2D eigenvalue weighted by Gasteiger charge is -2.21. The molecule has 20 heavy (non-hydrogen) atoms. The Hall–Kier alpha value is -1.39. The van der Waals surface area contributed by atoms with E-state index in [1.54, 1.807) is 0 Å². The van der Waals surface area contributed by atoms with Crippen molar-refractivity contribution in [3.63, 3.8) is 0 Å². The minimum absolute atomic E-state index is 0.107. The zero-order valence-electron chi connectivity index (χ0n) is 12.3. The zero-order chi connectivity index (χ0) is 14.2. The predicted octanol–water partition coefficient (Wildman–Crippen LogP) is 1.76. The summed E-state index contributed by atoms with van der Waals surface area (Å²) in [4.78, 5) is 16.2. The largest absolute Gasteiger partial charge is 0.465 e. The first-order chi connectivity index (χ1) is 9.78. The van der Waals surface area contributed by atoms with E-state index in [4.69, 9.17) is 4.74 Å². The third kappa shape index (κ3) is 4.94. The molecule has 0 N–H and O–H groups in total. The lowest BCUT2D eigenvalue weighted by Crippen LogP contribution is -2.34. The van der Waals surface area contributed by atoms with Gasteiger partial charge in [0.15, 0.2) is 0 Å². The number of ether oxygens (including phenoxy) is 1. The SMILES string of the molecule is CCOC(=O)CN1CCCN(Cc2ccccc2)CC1. The van der Waals surface area contributed by atoms with E-state index >= 15 is 0 Å². The molecule has 1 heterocycles. The Bertz CT molecular complexity index is 408. The van der Waals surface area contributed by atoms with Crippen molar-refractivity contribution in [1.29, 1.82) is 0 Å². The Morgan fingerprint density at radius 2 is 1.80 bits per heavy atom. The van der Waals surface area contributed by atoms with Crippen LogP contribution in [0.1, 0.15) is 18.9 Å². The summed E-state index contributed by atoms with van der Waals surface area (Å²) in [5, 5.41) is 0. The van der Waals surface area contributed by atoms with Gasteiger partial charge in [0.05, 0.1) is 13.2 Å². The number of hydrogen-bond acceptors (Lipinski definition) is 4. The van der Waals surface area contributed by atoms with Gasteiger partial charge >= 0.3 is 5.97 Å². The van der Waals surface area contributed by atoms with Crippen molar-refractivity contribution < 1.29 is 9.53 Å². The smallest absolute Gasteiger partial charge is 0.320 e. The normalized spacial score (nSPS) is 17.6. The van der Waals surface area contributed by atoms with Gasteiger partial charge in [0.25, 0.3) is 0 Å². The van der Waals surface area contributed by atoms with Gasteiger partial charge in [-0.25, -0.2) is 0 Å². The molecule has 1 aromatic rings. The molecule has 4 nitrogen and oxygen atoms in total. The van der Waals surface area contributed by atoms with Gasteiger partial charge in [-0.05, 0) is 25.5 Å². The van der Waals surface area contributed by atoms with E-state index < -0.39 is 0 Å². The minimum atomic E-state index is -0.107. The molecule has 0 bridgehead atoms. The van der Waals surface area contributed by atoms with E-state index in [2.05, 4.69) is 34.1 Å². The highest BCUT2D eigenvalue weighted by Gasteiger charge is 2.17. The standard InChI is InChI=1S/C16H24N2O2/c1-2-20-16(19)14-18-10-6-9-17(11-12-18)13-15-7-4-3-5-8-15/h3-5,7-8H,2,6,9-14H2,1H3. The second-order valence-corrected chi connectivity index (χ2v) is 5.20. The third-order valence-electron chi connectivity index (χ3n) is 3.59. The van der Waals surface area contributed by atoms with Crippen LogP contribution < -0.4 is 0 Å². The van der Waals surface area contributed by atoms with Gasteiger partial charge in [-0.15, -0.1) is 0 Å². The Labute approximate surface area is 121 Å². The minimum Gasteiger partial charge on any atom is -0.465 e. The van der Waals surface area contributed by atoms with Crippen LogP contribution >= 0.6 is 0 Å². The molecule has 110 valence electrons. The van der Waals surface area contributed by atoms with Gasteiger partial charge in [0.2, 0.25) is 0 Å². The molecule has 1 aromatic carbocycles. The Morgan fingerprint density at radius 1 is 1.10 bits per heavy atom. The Kier molecular flexibility index (Phi) is 6.02. The average molecular weight is 276 g/mol. The first-order valence-electron chi connectivity index (χ1n) is 7.42. The van der Waals surface area contributed by atoms with E-state index in [0.717, 1.165) is 39.1 Å². The highest BCUT2D eigenvalue weighted by Crippen LogP contribution is 2.08. The molecule has 0 spiro atoms. The van der Waals surface area contributed by atoms with Crippen molar-refractivity contribution in [2.24, 2.45) is 0 Å². The average Bonchev–Trinajstić information content (AvgIpc) is 2.66. The molecule has 1 saturated heterocycles. The quantitative estimate of drug-likeness (QED) is 0.767. The molecule has 4 heteroatoms. The van der Waals surface area contributed by atoms with E-state index in [0.29, 0.717) is 13.2 Å². The predicted molar refractivity (Wildman–Crippen MR) is 79.4 cm³/mol. The summed E-state index contributed by atoms with van der Waals surface area (Å²) in [5.74, 6) is -0.107. The van der Waals surface area contributed by atoms with Crippen LogP contribution in [0.2, 0.25) is 0 Å². The topological polar surface area (TPSA) is 32.8 Å². The molecule has 0 unspecified atom stereocenters. The Morgan fingerprint density at radius 3 is 2.55 bits per heavy atom. The molecule has 0 aromatic heterocycles. The molecule has 0 radical (unpaired) electrons. The van der Waals surface area contributed by atoms with Crippen molar-refractivity contribution in [2.45, 2.75) is 19.9 Å². The molecule has 1 aliphatic heterocycles. The summed E-state index contributed by atoms with van der Waals surface area (Å²) in [6, 6.07) is 10.6. The second-order valence-electron chi connectivity index (χ2n) is 5.20. The lowest BCUT2D eigenvalue weighted by atomic mass is 10.2. The number of hydrogen-bond donors (Lipinski definition) is 0. The highest BCUT2D eigenvalue weighted by atomic mass is 16.5. The number of nitrogens with zero attached hydrogens (tertiary/aromatic N) is 2. The van der Waals surface area contributed by atoms with E-state index in [1.807, 2.05) is 13.0 Å². The van der Waals surface area contributed by atoms with Crippen molar-refractivity contribution in [2.75, 3.05) is 39.3 Å². The maximum atomic E-state index is 11.5. The van der Waals surface area contributed by atoms with Gasteiger partial charge in [0, 0.05) is 26.2 Å². The molecule has 0 saturated carbocycles. The maximum absolute atomic E-state index is 11.5. The van der Waals surface area contributed by atoms with Crippen LogP contribution in [0.4, 0.5) is 0 Å². The summed E-state index contributed by atoms with van der Waals surface area (Å²) >= 11 is 0. The first-order valence-corrected chi connectivity index (χ1v) is 7.42. The number of carbonyl (C=O) groups is 1. The molecule has 0 amide bonds. The monoisotopic (exact) mass is 276 g/mol. The van der Waals surface area contributed by atoms with Crippen molar-refractivity contribution in [1.82, 2.24) is 9.80 Å². The summed E-state index contributed by atoms with van der Waals surface area (Å²) in [6.07, 6.45) is 1.10. The number of carbonyl (C=O) groups excluding carboxylic acids is 1. The van der Waals surface area contributed by atoms with Gasteiger partial charge in [-0.1, -0.05) is 30.3 Å². The van der Waals surface area contributed by atoms with Crippen LogP contribution in [-0.2, 0) is 16.1 Å². The molecular formula is C16H24N2O2. The summed E-state index contributed by atoms with van der Waals surface area (Å²) in [5.41, 5.74) is 1.35.